The minimum absolute atomic E-state index is 0.399. The maximum Gasteiger partial charge on any atom is 0.247 e. The van der Waals surface area contributed by atoms with Gasteiger partial charge in [-0.1, -0.05) is 6.07 Å². The van der Waals surface area contributed by atoms with Crippen molar-refractivity contribution in [3.8, 4) is 11.5 Å². The lowest BCUT2D eigenvalue weighted by atomic mass is 10.1. The fourth-order valence-electron chi connectivity index (χ4n) is 2.21. The van der Waals surface area contributed by atoms with Crippen molar-refractivity contribution in [1.29, 1.82) is 0 Å². The lowest BCUT2D eigenvalue weighted by Gasteiger charge is -2.23. The smallest absolute Gasteiger partial charge is 0.247 e. The van der Waals surface area contributed by atoms with E-state index in [0.717, 1.165) is 35.6 Å². The zero-order valence-corrected chi connectivity index (χ0v) is 11.2. The molecule has 1 aliphatic rings. The van der Waals surface area contributed by atoms with Crippen LogP contribution in [0.3, 0.4) is 0 Å². The number of anilines is 1. The molecule has 1 aromatic carbocycles. The van der Waals surface area contributed by atoms with Crippen LogP contribution in [0.4, 0.5) is 5.69 Å². The van der Waals surface area contributed by atoms with Crippen LogP contribution in [0, 0.1) is 0 Å². The zero-order chi connectivity index (χ0) is 13.1. The highest BCUT2D eigenvalue weighted by Gasteiger charge is 2.17. The lowest BCUT2D eigenvalue weighted by Crippen LogP contribution is -2.29. The van der Waals surface area contributed by atoms with Gasteiger partial charge in [0.25, 0.3) is 0 Å². The minimum Gasteiger partial charge on any atom is -0.423 e. The van der Waals surface area contributed by atoms with E-state index in [1.807, 2.05) is 24.3 Å². The van der Waals surface area contributed by atoms with Crippen molar-refractivity contribution >= 4 is 16.5 Å². The predicted molar refractivity (Wildman–Crippen MR) is 74.3 cm³/mol. The summed E-state index contributed by atoms with van der Waals surface area (Å²) < 4.78 is 16.5. The Morgan fingerprint density at radius 1 is 1.32 bits per heavy atom. The number of hydrogen-bond acceptors (Lipinski definition) is 5. The average molecular weight is 277 g/mol. The Labute approximate surface area is 113 Å². The first-order valence-electron chi connectivity index (χ1n) is 6.29. The van der Waals surface area contributed by atoms with Crippen molar-refractivity contribution in [2.45, 2.75) is 18.9 Å². The van der Waals surface area contributed by atoms with E-state index >= 15 is 0 Å². The quantitative estimate of drug-likeness (QED) is 0.930. The van der Waals surface area contributed by atoms with Gasteiger partial charge in [0.1, 0.15) is 0 Å². The van der Waals surface area contributed by atoms with Crippen LogP contribution < -0.4 is 5.32 Å². The molecule has 0 saturated carbocycles. The normalized spacial score (nSPS) is 23.2. The molecule has 1 fully saturated rings. The molecule has 2 aromatic rings. The van der Waals surface area contributed by atoms with Crippen molar-refractivity contribution in [2.24, 2.45) is 0 Å². The van der Waals surface area contributed by atoms with Crippen molar-refractivity contribution in [2.75, 3.05) is 16.8 Å². The topological polar surface area (TPSA) is 68.0 Å². The van der Waals surface area contributed by atoms with Crippen LogP contribution in [0.2, 0.25) is 0 Å². The Kier molecular flexibility index (Phi) is 3.59. The van der Waals surface area contributed by atoms with E-state index in [1.165, 1.54) is 6.39 Å². The van der Waals surface area contributed by atoms with Crippen molar-refractivity contribution in [3.63, 3.8) is 0 Å². The molecule has 1 aliphatic heterocycles. The fraction of sp³-hybridized carbons (Fsp3) is 0.385. The highest BCUT2D eigenvalue weighted by molar-refractivity contribution is 7.85. The molecule has 1 aromatic heterocycles. The van der Waals surface area contributed by atoms with E-state index in [1.54, 1.807) is 0 Å². The first kappa shape index (κ1) is 12.3. The third-order valence-corrected chi connectivity index (χ3v) is 4.61. The monoisotopic (exact) mass is 277 g/mol. The van der Waals surface area contributed by atoms with E-state index in [-0.39, 0.29) is 0 Å². The molecule has 1 N–H and O–H groups in total. The van der Waals surface area contributed by atoms with Gasteiger partial charge in [-0.25, -0.2) is 0 Å². The molecule has 0 aliphatic carbocycles. The van der Waals surface area contributed by atoms with Gasteiger partial charge in [0, 0.05) is 39.6 Å². The number of benzene rings is 1. The summed E-state index contributed by atoms with van der Waals surface area (Å²) >= 11 is 0. The van der Waals surface area contributed by atoms with Crippen molar-refractivity contribution < 1.29 is 8.63 Å². The molecular weight excluding hydrogens is 262 g/mol. The van der Waals surface area contributed by atoms with Gasteiger partial charge in [-0.2, -0.15) is 0 Å². The van der Waals surface area contributed by atoms with E-state index in [0.29, 0.717) is 11.9 Å². The summed E-state index contributed by atoms with van der Waals surface area (Å²) in [6.45, 7) is 0. The van der Waals surface area contributed by atoms with Crippen LogP contribution in [0.1, 0.15) is 12.8 Å². The minimum atomic E-state index is -0.621. The fourth-order valence-corrected chi connectivity index (χ4v) is 3.51. The summed E-state index contributed by atoms with van der Waals surface area (Å²) in [4.78, 5) is 0. The number of rotatable bonds is 3. The zero-order valence-electron chi connectivity index (χ0n) is 10.4. The SMILES string of the molecule is O=S1CCC(Nc2cccc(-c3nnco3)c2)CC1. The van der Waals surface area contributed by atoms with Crippen LogP contribution in [0.15, 0.2) is 35.1 Å². The van der Waals surface area contributed by atoms with E-state index in [2.05, 4.69) is 15.5 Å². The van der Waals surface area contributed by atoms with Gasteiger partial charge < -0.3 is 9.73 Å². The molecule has 0 bridgehead atoms. The molecule has 0 amide bonds. The van der Waals surface area contributed by atoms with Gasteiger partial charge in [-0.3, -0.25) is 4.21 Å². The molecule has 100 valence electrons. The third kappa shape index (κ3) is 3.01. The van der Waals surface area contributed by atoms with Crippen LogP contribution in [0.25, 0.3) is 11.5 Å². The predicted octanol–water partition coefficient (Wildman–Crippen LogP) is 2.06. The lowest BCUT2D eigenvalue weighted by molar-refractivity contribution is 0.568. The molecule has 2 heterocycles. The number of hydrogen-bond donors (Lipinski definition) is 1. The Balaban J connectivity index is 1.71. The number of aromatic nitrogens is 2. The first-order valence-corrected chi connectivity index (χ1v) is 7.78. The Hall–Kier alpha value is -1.69. The second kappa shape index (κ2) is 5.52. The van der Waals surface area contributed by atoms with Gasteiger partial charge in [-0.05, 0) is 31.0 Å². The molecule has 6 heteroatoms. The molecule has 19 heavy (non-hydrogen) atoms. The Morgan fingerprint density at radius 3 is 2.89 bits per heavy atom. The maximum atomic E-state index is 11.3. The average Bonchev–Trinajstić information content (AvgIpc) is 2.96. The summed E-state index contributed by atoms with van der Waals surface area (Å²) in [5, 5.41) is 11.1. The van der Waals surface area contributed by atoms with Crippen LogP contribution in [0.5, 0.6) is 0 Å². The molecule has 0 atom stereocenters. The summed E-state index contributed by atoms with van der Waals surface area (Å²) in [7, 11) is -0.621. The summed E-state index contributed by atoms with van der Waals surface area (Å²) in [5.74, 6) is 2.11. The number of nitrogens with zero attached hydrogens (tertiary/aromatic N) is 2. The van der Waals surface area contributed by atoms with Crippen molar-refractivity contribution in [3.05, 3.63) is 30.7 Å². The van der Waals surface area contributed by atoms with E-state index in [9.17, 15) is 4.21 Å². The maximum absolute atomic E-state index is 11.3. The van der Waals surface area contributed by atoms with Crippen LogP contribution in [-0.4, -0.2) is 32.0 Å². The Morgan fingerprint density at radius 2 is 2.16 bits per heavy atom. The molecule has 0 radical (unpaired) electrons. The largest absolute Gasteiger partial charge is 0.423 e. The molecule has 0 spiro atoms. The molecule has 0 unspecified atom stereocenters. The summed E-state index contributed by atoms with van der Waals surface area (Å²) in [6, 6.07) is 8.32. The van der Waals surface area contributed by atoms with Gasteiger partial charge >= 0.3 is 0 Å². The second-order valence-corrected chi connectivity index (χ2v) is 6.29. The Bertz CT molecular complexity index is 561. The third-order valence-electron chi connectivity index (χ3n) is 3.23. The molecular formula is C13H15N3O2S. The summed E-state index contributed by atoms with van der Waals surface area (Å²) in [5.41, 5.74) is 1.94. The van der Waals surface area contributed by atoms with E-state index in [4.69, 9.17) is 4.42 Å². The molecule has 1 saturated heterocycles. The van der Waals surface area contributed by atoms with Crippen molar-refractivity contribution in [1.82, 2.24) is 10.2 Å². The van der Waals surface area contributed by atoms with Crippen LogP contribution in [-0.2, 0) is 10.8 Å². The van der Waals surface area contributed by atoms with Gasteiger partial charge in [0.05, 0.1) is 0 Å². The highest BCUT2D eigenvalue weighted by atomic mass is 32.2. The second-order valence-electron chi connectivity index (χ2n) is 4.59. The van der Waals surface area contributed by atoms with Gasteiger partial charge in [0.2, 0.25) is 12.3 Å². The highest BCUT2D eigenvalue weighted by Crippen LogP contribution is 2.22. The van der Waals surface area contributed by atoms with Gasteiger partial charge in [0.15, 0.2) is 0 Å². The van der Waals surface area contributed by atoms with E-state index < -0.39 is 10.8 Å². The number of nitrogens with one attached hydrogen (secondary N) is 1. The summed E-state index contributed by atoms with van der Waals surface area (Å²) in [6.07, 6.45) is 3.24. The standard InChI is InChI=1S/C13H15N3O2S/c17-19-6-4-11(5-7-19)15-12-3-1-2-10(8-12)13-16-14-9-18-13/h1-3,8-9,11,15H,4-7H2. The van der Waals surface area contributed by atoms with Gasteiger partial charge in [-0.15, -0.1) is 10.2 Å². The van der Waals surface area contributed by atoms with Crippen LogP contribution >= 0.6 is 0 Å². The first-order chi connectivity index (χ1) is 9.31. The molecule has 3 rings (SSSR count). The molecule has 5 nitrogen and oxygen atoms in total.